The third-order valence-electron chi connectivity index (χ3n) is 5.53. The number of para-hydroxylation sites is 2. The molecule has 0 aliphatic heterocycles. The summed E-state index contributed by atoms with van der Waals surface area (Å²) in [6, 6.07) is 15.6. The molecule has 2 aromatic heterocycles. The largest absolute Gasteiger partial charge is 0.443 e. The molecule has 4 aromatic rings. The minimum atomic E-state index is -0.617. The number of carbonyl (C=O) groups is 2. The standard InChI is InChI=1S/C26H28N2O3/c1-16(24-17(2)27-21-12-8-6-11-19(21)24)14-23(29)20-15-28(25(30)31-26(3,4)5)22-13-9-7-10-18(20)22/h6-13,15-16,27H,14H2,1-5H3. The van der Waals surface area contributed by atoms with Crippen molar-refractivity contribution in [1.82, 2.24) is 9.55 Å². The van der Waals surface area contributed by atoms with Gasteiger partial charge in [-0.05, 0) is 51.3 Å². The van der Waals surface area contributed by atoms with Gasteiger partial charge in [-0.25, -0.2) is 4.79 Å². The van der Waals surface area contributed by atoms with E-state index in [0.29, 0.717) is 17.5 Å². The van der Waals surface area contributed by atoms with Crippen molar-refractivity contribution in [1.29, 1.82) is 0 Å². The summed E-state index contributed by atoms with van der Waals surface area (Å²) in [4.78, 5) is 29.5. The lowest BCUT2D eigenvalue weighted by Gasteiger charge is -2.19. The second-order valence-electron chi connectivity index (χ2n) is 9.15. The van der Waals surface area contributed by atoms with Gasteiger partial charge in [0.15, 0.2) is 5.78 Å². The average Bonchev–Trinajstić information content (AvgIpc) is 3.24. The molecule has 0 aliphatic carbocycles. The molecule has 1 N–H and O–H groups in total. The predicted molar refractivity (Wildman–Crippen MR) is 124 cm³/mol. The molecule has 160 valence electrons. The van der Waals surface area contributed by atoms with Crippen molar-refractivity contribution in [2.75, 3.05) is 0 Å². The first kappa shape index (κ1) is 20.9. The number of carbonyl (C=O) groups excluding carboxylic acids is 2. The zero-order valence-corrected chi connectivity index (χ0v) is 18.7. The third kappa shape index (κ3) is 4.00. The van der Waals surface area contributed by atoms with E-state index in [0.717, 1.165) is 22.0 Å². The Morgan fingerprint density at radius 1 is 1.03 bits per heavy atom. The minimum Gasteiger partial charge on any atom is -0.443 e. The summed E-state index contributed by atoms with van der Waals surface area (Å²) in [5.41, 5.74) is 3.93. The summed E-state index contributed by atoms with van der Waals surface area (Å²) in [6.07, 6.45) is 1.49. The van der Waals surface area contributed by atoms with Gasteiger partial charge < -0.3 is 9.72 Å². The number of Topliss-reactive ketones (excluding diaryl/α,β-unsaturated/α-hetero) is 1. The summed E-state index contributed by atoms with van der Waals surface area (Å²) < 4.78 is 6.98. The van der Waals surface area contributed by atoms with Gasteiger partial charge in [0.25, 0.3) is 0 Å². The molecule has 4 rings (SSSR count). The van der Waals surface area contributed by atoms with Crippen LogP contribution in [0.1, 0.15) is 61.6 Å². The van der Waals surface area contributed by atoms with Crippen molar-refractivity contribution >= 4 is 33.7 Å². The first-order chi connectivity index (χ1) is 14.7. The third-order valence-corrected chi connectivity index (χ3v) is 5.53. The molecule has 1 unspecified atom stereocenters. The molecule has 0 radical (unpaired) electrons. The molecular formula is C26H28N2O3. The van der Waals surface area contributed by atoms with Crippen LogP contribution < -0.4 is 0 Å². The fourth-order valence-electron chi connectivity index (χ4n) is 4.29. The first-order valence-corrected chi connectivity index (χ1v) is 10.6. The number of nitrogens with one attached hydrogen (secondary N) is 1. The van der Waals surface area contributed by atoms with Crippen LogP contribution >= 0.6 is 0 Å². The van der Waals surface area contributed by atoms with Gasteiger partial charge >= 0.3 is 6.09 Å². The van der Waals surface area contributed by atoms with Gasteiger partial charge in [-0.3, -0.25) is 9.36 Å². The Balaban J connectivity index is 1.68. The van der Waals surface area contributed by atoms with E-state index in [2.05, 4.69) is 24.0 Å². The van der Waals surface area contributed by atoms with Crippen LogP contribution in [0, 0.1) is 6.92 Å². The Bertz CT molecular complexity index is 1290. The number of ether oxygens (including phenoxy) is 1. The number of aromatic nitrogens is 2. The Labute approximate surface area is 182 Å². The molecule has 5 heteroatoms. The summed E-state index contributed by atoms with van der Waals surface area (Å²) in [5, 5.41) is 1.91. The van der Waals surface area contributed by atoms with E-state index < -0.39 is 11.7 Å². The Morgan fingerprint density at radius 3 is 2.39 bits per heavy atom. The summed E-state index contributed by atoms with van der Waals surface area (Å²) in [5.74, 6) is 0.0444. The Hall–Kier alpha value is -3.34. The second kappa shape index (κ2) is 7.73. The van der Waals surface area contributed by atoms with Gasteiger partial charge in [0.1, 0.15) is 5.60 Å². The quantitative estimate of drug-likeness (QED) is 0.382. The molecular weight excluding hydrogens is 388 g/mol. The maximum absolute atomic E-state index is 13.4. The van der Waals surface area contributed by atoms with Crippen molar-refractivity contribution in [3.05, 3.63) is 71.5 Å². The maximum Gasteiger partial charge on any atom is 0.419 e. The highest BCUT2D eigenvalue weighted by molar-refractivity contribution is 6.10. The van der Waals surface area contributed by atoms with E-state index in [1.165, 1.54) is 10.1 Å². The van der Waals surface area contributed by atoms with Gasteiger partial charge in [-0.2, -0.15) is 0 Å². The number of ketones is 1. The second-order valence-corrected chi connectivity index (χ2v) is 9.15. The molecule has 1 atom stereocenters. The molecule has 0 aliphatic rings. The molecule has 0 saturated carbocycles. The Kier molecular flexibility index (Phi) is 5.21. The van der Waals surface area contributed by atoms with E-state index >= 15 is 0 Å². The van der Waals surface area contributed by atoms with E-state index in [4.69, 9.17) is 4.74 Å². The van der Waals surface area contributed by atoms with Crippen LogP contribution in [0.4, 0.5) is 4.79 Å². The van der Waals surface area contributed by atoms with Crippen LogP contribution in [0.25, 0.3) is 21.8 Å². The molecule has 0 saturated heterocycles. The molecule has 31 heavy (non-hydrogen) atoms. The number of H-pyrrole nitrogens is 1. The molecule has 0 fully saturated rings. The van der Waals surface area contributed by atoms with E-state index in [-0.39, 0.29) is 11.7 Å². The fraction of sp³-hybridized carbons (Fsp3) is 0.308. The van der Waals surface area contributed by atoms with Crippen molar-refractivity contribution in [3.8, 4) is 0 Å². The van der Waals surface area contributed by atoms with Gasteiger partial charge in [0.05, 0.1) is 5.52 Å². The summed E-state index contributed by atoms with van der Waals surface area (Å²) >= 11 is 0. The number of hydrogen-bond acceptors (Lipinski definition) is 3. The zero-order valence-electron chi connectivity index (χ0n) is 18.7. The van der Waals surface area contributed by atoms with Crippen molar-refractivity contribution < 1.29 is 14.3 Å². The lowest BCUT2D eigenvalue weighted by molar-refractivity contribution is 0.0544. The SMILES string of the molecule is Cc1[nH]c2ccccc2c1C(C)CC(=O)c1cn(C(=O)OC(C)(C)C)c2ccccc12. The van der Waals surface area contributed by atoms with Crippen molar-refractivity contribution in [3.63, 3.8) is 0 Å². The van der Waals surface area contributed by atoms with Gasteiger partial charge in [0, 0.05) is 40.2 Å². The van der Waals surface area contributed by atoms with Crippen molar-refractivity contribution in [2.24, 2.45) is 0 Å². The number of rotatable bonds is 4. The number of fused-ring (bicyclic) bond motifs is 2. The lowest BCUT2D eigenvalue weighted by Crippen LogP contribution is -2.26. The molecule has 2 heterocycles. The molecule has 0 spiro atoms. The van der Waals surface area contributed by atoms with E-state index in [1.807, 2.05) is 64.1 Å². The minimum absolute atomic E-state index is 0.00990. The highest BCUT2D eigenvalue weighted by Crippen LogP contribution is 2.33. The zero-order chi connectivity index (χ0) is 22.3. The maximum atomic E-state index is 13.4. The van der Waals surface area contributed by atoms with E-state index in [9.17, 15) is 9.59 Å². The molecule has 0 amide bonds. The number of nitrogens with zero attached hydrogens (tertiary/aromatic N) is 1. The van der Waals surface area contributed by atoms with E-state index in [1.54, 1.807) is 6.20 Å². The first-order valence-electron chi connectivity index (χ1n) is 10.6. The van der Waals surface area contributed by atoms with Crippen LogP contribution in [0.5, 0.6) is 0 Å². The van der Waals surface area contributed by atoms with Crippen LogP contribution in [-0.2, 0) is 4.74 Å². The summed E-state index contributed by atoms with van der Waals surface area (Å²) in [7, 11) is 0. The highest BCUT2D eigenvalue weighted by atomic mass is 16.6. The normalized spacial score (nSPS) is 12.9. The highest BCUT2D eigenvalue weighted by Gasteiger charge is 2.24. The monoisotopic (exact) mass is 416 g/mol. The number of aryl methyl sites for hydroxylation is 1. The molecule has 5 nitrogen and oxygen atoms in total. The van der Waals surface area contributed by atoms with Gasteiger partial charge in [-0.1, -0.05) is 43.3 Å². The van der Waals surface area contributed by atoms with Crippen LogP contribution in [-0.4, -0.2) is 27.0 Å². The van der Waals surface area contributed by atoms with Crippen LogP contribution in [0.15, 0.2) is 54.7 Å². The lowest BCUT2D eigenvalue weighted by atomic mass is 9.91. The summed E-state index contributed by atoms with van der Waals surface area (Å²) in [6.45, 7) is 9.61. The van der Waals surface area contributed by atoms with Gasteiger partial charge in [0.2, 0.25) is 0 Å². The topological polar surface area (TPSA) is 64.1 Å². The number of aromatic amines is 1. The smallest absolute Gasteiger partial charge is 0.419 e. The number of hydrogen-bond donors (Lipinski definition) is 1. The predicted octanol–water partition coefficient (Wildman–Crippen LogP) is 6.59. The Morgan fingerprint density at radius 2 is 1.68 bits per heavy atom. The average molecular weight is 417 g/mol. The molecule has 2 aromatic carbocycles. The molecule has 0 bridgehead atoms. The number of benzene rings is 2. The van der Waals surface area contributed by atoms with Crippen LogP contribution in [0.2, 0.25) is 0 Å². The van der Waals surface area contributed by atoms with Crippen molar-refractivity contribution in [2.45, 2.75) is 52.6 Å². The van der Waals surface area contributed by atoms with Gasteiger partial charge in [-0.15, -0.1) is 0 Å². The van der Waals surface area contributed by atoms with Crippen LogP contribution in [0.3, 0.4) is 0 Å². The fourth-order valence-corrected chi connectivity index (χ4v) is 4.29.